The molecule has 2 amide bonds. The van der Waals surface area contributed by atoms with Gasteiger partial charge in [0.05, 0.1) is 6.61 Å². The van der Waals surface area contributed by atoms with Crippen LogP contribution in [-0.2, 0) is 9.59 Å². The number of carbonyl (C=O) groups excluding carboxylic acids is 2. The molecule has 6 nitrogen and oxygen atoms in total. The summed E-state index contributed by atoms with van der Waals surface area (Å²) < 4.78 is 0. The molecule has 0 heterocycles. The number of hydrogen-bond acceptors (Lipinski definition) is 5. The summed E-state index contributed by atoms with van der Waals surface area (Å²) >= 11 is 4.63. The zero-order valence-electron chi connectivity index (χ0n) is 7.82. The molecular weight excluding hydrogens is 218 g/mol. The van der Waals surface area contributed by atoms with E-state index in [9.17, 15) is 9.59 Å². The molecule has 1 atom stereocenters. The van der Waals surface area contributed by atoms with E-state index in [1.165, 1.54) is 0 Å². The standard InChI is InChI=1S/C8H11N3O3S/c9-6(7(10)14)8(15)11-5(13)3-1-2-4-12/h6,12H,2,4,9H2,(H2,10,14)(H,11,13,15). The lowest BCUT2D eigenvalue weighted by atomic mass is 10.3. The third kappa shape index (κ3) is 5.74. The van der Waals surface area contributed by atoms with Gasteiger partial charge >= 0.3 is 5.91 Å². The average molecular weight is 229 g/mol. The topological polar surface area (TPSA) is 118 Å². The molecule has 0 radical (unpaired) electrons. The first kappa shape index (κ1) is 13.5. The van der Waals surface area contributed by atoms with Crippen molar-refractivity contribution in [2.24, 2.45) is 11.5 Å². The van der Waals surface area contributed by atoms with Crippen molar-refractivity contribution in [2.45, 2.75) is 12.5 Å². The number of nitrogens with one attached hydrogen (secondary N) is 1. The third-order valence-corrected chi connectivity index (χ3v) is 1.62. The van der Waals surface area contributed by atoms with E-state index in [2.05, 4.69) is 29.4 Å². The van der Waals surface area contributed by atoms with Gasteiger partial charge in [0.2, 0.25) is 5.91 Å². The van der Waals surface area contributed by atoms with Crippen LogP contribution in [0.15, 0.2) is 0 Å². The SMILES string of the molecule is NC(=O)C(N)C(=S)NC(=O)C#CCCO. The summed E-state index contributed by atoms with van der Waals surface area (Å²) in [6, 6.07) is -1.21. The average Bonchev–Trinajstić information content (AvgIpc) is 2.16. The number of primary amides is 1. The first-order valence-corrected chi connectivity index (χ1v) is 4.39. The molecule has 0 spiro atoms. The van der Waals surface area contributed by atoms with Crippen molar-refractivity contribution in [2.75, 3.05) is 6.61 Å². The molecule has 7 heteroatoms. The van der Waals surface area contributed by atoms with Crippen molar-refractivity contribution in [3.8, 4) is 11.8 Å². The first-order chi connectivity index (χ1) is 6.99. The highest BCUT2D eigenvalue weighted by molar-refractivity contribution is 7.80. The molecule has 6 N–H and O–H groups in total. The minimum atomic E-state index is -1.21. The van der Waals surface area contributed by atoms with Crippen molar-refractivity contribution < 1.29 is 14.7 Å². The van der Waals surface area contributed by atoms with Crippen LogP contribution in [0.1, 0.15) is 6.42 Å². The first-order valence-electron chi connectivity index (χ1n) is 3.98. The van der Waals surface area contributed by atoms with Gasteiger partial charge in [-0.05, 0) is 5.92 Å². The maximum Gasteiger partial charge on any atom is 0.300 e. The monoisotopic (exact) mass is 229 g/mol. The lowest BCUT2D eigenvalue weighted by Crippen LogP contribution is -2.49. The van der Waals surface area contributed by atoms with Crippen LogP contribution in [-0.4, -0.2) is 34.6 Å². The van der Waals surface area contributed by atoms with Crippen LogP contribution in [0.2, 0.25) is 0 Å². The van der Waals surface area contributed by atoms with Gasteiger partial charge in [0.25, 0.3) is 0 Å². The highest BCUT2D eigenvalue weighted by atomic mass is 32.1. The Balaban J connectivity index is 4.15. The summed E-state index contributed by atoms with van der Waals surface area (Å²) in [5, 5.41) is 10.5. The third-order valence-electron chi connectivity index (χ3n) is 1.26. The van der Waals surface area contributed by atoms with Crippen LogP contribution < -0.4 is 16.8 Å². The minimum Gasteiger partial charge on any atom is -0.395 e. The normalized spacial score (nSPS) is 10.8. The Hall–Kier alpha value is -1.49. The Morgan fingerprint density at radius 3 is 2.60 bits per heavy atom. The van der Waals surface area contributed by atoms with Gasteiger partial charge in [0.1, 0.15) is 11.0 Å². The van der Waals surface area contributed by atoms with E-state index in [0.29, 0.717) is 0 Å². The Bertz CT molecular complexity index is 332. The molecule has 1 unspecified atom stereocenters. The van der Waals surface area contributed by atoms with E-state index >= 15 is 0 Å². The van der Waals surface area contributed by atoms with Crippen LogP contribution >= 0.6 is 12.2 Å². The Morgan fingerprint density at radius 1 is 1.53 bits per heavy atom. The predicted molar refractivity (Wildman–Crippen MR) is 57.4 cm³/mol. The Morgan fingerprint density at radius 2 is 2.13 bits per heavy atom. The molecule has 0 bridgehead atoms. The van der Waals surface area contributed by atoms with Gasteiger partial charge in [-0.2, -0.15) is 0 Å². The molecule has 0 aliphatic carbocycles. The fourth-order valence-electron chi connectivity index (χ4n) is 0.549. The van der Waals surface area contributed by atoms with E-state index in [1.54, 1.807) is 0 Å². The molecule has 0 fully saturated rings. The predicted octanol–water partition coefficient (Wildman–Crippen LogP) is -2.37. The van der Waals surface area contributed by atoms with Crippen molar-refractivity contribution in [1.29, 1.82) is 0 Å². The number of amides is 2. The molecule has 0 saturated heterocycles. The van der Waals surface area contributed by atoms with Crippen molar-refractivity contribution in [1.82, 2.24) is 5.32 Å². The summed E-state index contributed by atoms with van der Waals surface area (Å²) in [6.45, 7) is -0.133. The maximum atomic E-state index is 11.0. The van der Waals surface area contributed by atoms with E-state index in [1.807, 2.05) is 0 Å². The second-order valence-electron chi connectivity index (χ2n) is 2.47. The van der Waals surface area contributed by atoms with Crippen molar-refractivity contribution in [3.63, 3.8) is 0 Å². The Kier molecular flexibility index (Phi) is 6.21. The van der Waals surface area contributed by atoms with Crippen LogP contribution in [0.25, 0.3) is 0 Å². The number of hydrogen-bond donors (Lipinski definition) is 4. The highest BCUT2D eigenvalue weighted by Crippen LogP contribution is 1.81. The number of nitrogens with two attached hydrogens (primary N) is 2. The Labute approximate surface area is 92.0 Å². The molecule has 0 aromatic carbocycles. The van der Waals surface area contributed by atoms with E-state index in [4.69, 9.17) is 16.6 Å². The van der Waals surface area contributed by atoms with Gasteiger partial charge in [-0.1, -0.05) is 18.1 Å². The van der Waals surface area contributed by atoms with E-state index in [-0.39, 0.29) is 18.0 Å². The fourth-order valence-corrected chi connectivity index (χ4v) is 0.758. The summed E-state index contributed by atoms with van der Waals surface area (Å²) in [5.74, 6) is 3.01. The van der Waals surface area contributed by atoms with Crippen LogP contribution in [0.5, 0.6) is 0 Å². The molecule has 82 valence electrons. The summed E-state index contributed by atoms with van der Waals surface area (Å²) in [4.78, 5) is 21.4. The van der Waals surface area contributed by atoms with Gasteiger partial charge in [-0.15, -0.1) is 0 Å². The second kappa shape index (κ2) is 6.89. The molecule has 0 rings (SSSR count). The quantitative estimate of drug-likeness (QED) is 0.318. The number of aliphatic hydroxyl groups excluding tert-OH is 1. The highest BCUT2D eigenvalue weighted by Gasteiger charge is 2.16. The van der Waals surface area contributed by atoms with Gasteiger partial charge in [-0.3, -0.25) is 9.59 Å². The van der Waals surface area contributed by atoms with Crippen molar-refractivity contribution >= 4 is 29.0 Å². The zero-order valence-corrected chi connectivity index (χ0v) is 8.63. The summed E-state index contributed by atoms with van der Waals surface area (Å²) in [7, 11) is 0. The molecule has 15 heavy (non-hydrogen) atoms. The molecule has 0 aromatic rings. The number of carbonyl (C=O) groups is 2. The number of rotatable bonds is 3. The van der Waals surface area contributed by atoms with Crippen LogP contribution in [0.3, 0.4) is 0 Å². The summed E-state index contributed by atoms with van der Waals surface area (Å²) in [5.41, 5.74) is 10.1. The van der Waals surface area contributed by atoms with E-state index < -0.39 is 17.9 Å². The zero-order chi connectivity index (χ0) is 11.8. The lowest BCUT2D eigenvalue weighted by Gasteiger charge is -2.07. The molecule has 0 aliphatic rings. The smallest absolute Gasteiger partial charge is 0.300 e. The number of aliphatic hydroxyl groups is 1. The second-order valence-corrected chi connectivity index (χ2v) is 2.91. The lowest BCUT2D eigenvalue weighted by molar-refractivity contribution is -0.117. The van der Waals surface area contributed by atoms with Gasteiger partial charge < -0.3 is 21.9 Å². The molecule has 0 aliphatic heterocycles. The van der Waals surface area contributed by atoms with Gasteiger partial charge in [0.15, 0.2) is 0 Å². The molecule has 0 aromatic heterocycles. The summed E-state index contributed by atoms with van der Waals surface area (Å²) in [6.07, 6.45) is 0.183. The van der Waals surface area contributed by atoms with Crippen molar-refractivity contribution in [3.05, 3.63) is 0 Å². The van der Waals surface area contributed by atoms with Crippen LogP contribution in [0, 0.1) is 11.8 Å². The minimum absolute atomic E-state index is 0.133. The fraction of sp³-hybridized carbons (Fsp3) is 0.375. The maximum absolute atomic E-state index is 11.0. The van der Waals surface area contributed by atoms with Crippen LogP contribution in [0.4, 0.5) is 0 Å². The number of thiocarbonyl (C=S) groups is 1. The van der Waals surface area contributed by atoms with Gasteiger partial charge in [0, 0.05) is 6.42 Å². The van der Waals surface area contributed by atoms with E-state index in [0.717, 1.165) is 0 Å². The molecular formula is C8H11N3O3S. The largest absolute Gasteiger partial charge is 0.395 e. The molecule has 0 saturated carbocycles. The van der Waals surface area contributed by atoms with Gasteiger partial charge in [-0.25, -0.2) is 0 Å².